The van der Waals surface area contributed by atoms with Crippen LogP contribution in [0.1, 0.15) is 5.69 Å². The van der Waals surface area contributed by atoms with Crippen LogP contribution in [0.15, 0.2) is 11.1 Å². The highest BCUT2D eigenvalue weighted by Gasteiger charge is 2.11. The van der Waals surface area contributed by atoms with E-state index in [-0.39, 0.29) is 10.8 Å². The predicted molar refractivity (Wildman–Crippen MR) is 44.3 cm³/mol. The Morgan fingerprint density at radius 3 is 2.50 bits per heavy atom. The van der Waals surface area contributed by atoms with Crippen LogP contribution in [0, 0.1) is 6.92 Å². The van der Waals surface area contributed by atoms with Gasteiger partial charge in [-0.2, -0.15) is 0 Å². The van der Waals surface area contributed by atoms with E-state index in [1.807, 2.05) is 0 Å². The first-order valence-electron chi connectivity index (χ1n) is 3.20. The third kappa shape index (κ3) is 1.70. The van der Waals surface area contributed by atoms with Gasteiger partial charge in [-0.1, -0.05) is 0 Å². The molecule has 6 heteroatoms. The molecule has 0 saturated heterocycles. The second-order valence-corrected chi connectivity index (χ2v) is 4.43. The first-order chi connectivity index (χ1) is 5.41. The fraction of sp³-hybridized carbons (Fsp3) is 0.333. The molecule has 1 heterocycles. The Bertz CT molecular complexity index is 399. The van der Waals surface area contributed by atoms with E-state index in [0.29, 0.717) is 5.69 Å². The molecule has 1 aromatic rings. The van der Waals surface area contributed by atoms with Crippen molar-refractivity contribution in [3.8, 4) is 0 Å². The molecule has 0 atom stereocenters. The second kappa shape index (κ2) is 2.71. The maximum absolute atomic E-state index is 11.0. The first kappa shape index (κ1) is 8.92. The zero-order valence-corrected chi connectivity index (χ0v) is 7.59. The molecule has 0 fully saturated rings. The van der Waals surface area contributed by atoms with Gasteiger partial charge in [0, 0.05) is 6.26 Å². The van der Waals surface area contributed by atoms with Gasteiger partial charge in [-0.15, -0.1) is 0 Å². The number of anilines is 1. The minimum Gasteiger partial charge on any atom is -0.368 e. The topological polar surface area (TPSA) is 85.9 Å². The number of hydrogen-bond acceptors (Lipinski definition) is 5. The van der Waals surface area contributed by atoms with Crippen molar-refractivity contribution in [1.29, 1.82) is 0 Å². The van der Waals surface area contributed by atoms with Gasteiger partial charge in [0.25, 0.3) is 0 Å². The lowest BCUT2D eigenvalue weighted by Crippen LogP contribution is -2.05. The molecule has 0 saturated carbocycles. The zero-order chi connectivity index (χ0) is 9.35. The Morgan fingerprint density at radius 1 is 1.50 bits per heavy atom. The van der Waals surface area contributed by atoms with E-state index in [9.17, 15) is 8.42 Å². The molecule has 0 spiro atoms. The van der Waals surface area contributed by atoms with Gasteiger partial charge in [-0.25, -0.2) is 18.4 Å². The van der Waals surface area contributed by atoms with Gasteiger partial charge in [0.1, 0.15) is 4.90 Å². The fourth-order valence-electron chi connectivity index (χ4n) is 0.838. The summed E-state index contributed by atoms with van der Waals surface area (Å²) in [7, 11) is -3.23. The van der Waals surface area contributed by atoms with Crippen LogP contribution in [0.3, 0.4) is 0 Å². The van der Waals surface area contributed by atoms with Crippen LogP contribution >= 0.6 is 0 Å². The summed E-state index contributed by atoms with van der Waals surface area (Å²) in [5, 5.41) is 0. The molecule has 1 rings (SSSR count). The Balaban J connectivity index is 3.39. The van der Waals surface area contributed by atoms with Gasteiger partial charge in [0.2, 0.25) is 5.95 Å². The van der Waals surface area contributed by atoms with Crippen LogP contribution < -0.4 is 5.73 Å². The highest BCUT2D eigenvalue weighted by atomic mass is 32.2. The summed E-state index contributed by atoms with van der Waals surface area (Å²) >= 11 is 0. The molecule has 5 nitrogen and oxygen atoms in total. The molecular formula is C6H9N3O2S. The van der Waals surface area contributed by atoms with Crippen molar-refractivity contribution in [2.75, 3.05) is 12.0 Å². The highest BCUT2D eigenvalue weighted by molar-refractivity contribution is 7.90. The number of nitrogens with two attached hydrogens (primary N) is 1. The second-order valence-electron chi connectivity index (χ2n) is 2.45. The number of rotatable bonds is 1. The van der Waals surface area contributed by atoms with Crippen LogP contribution in [-0.2, 0) is 9.84 Å². The van der Waals surface area contributed by atoms with Crippen LogP contribution in [0.4, 0.5) is 5.95 Å². The number of aromatic nitrogens is 2. The first-order valence-corrected chi connectivity index (χ1v) is 5.09. The lowest BCUT2D eigenvalue weighted by Gasteiger charge is -2.01. The third-order valence-corrected chi connectivity index (χ3v) is 2.55. The average Bonchev–Trinajstić information content (AvgIpc) is 1.83. The molecule has 2 N–H and O–H groups in total. The lowest BCUT2D eigenvalue weighted by molar-refractivity contribution is 0.600. The molecule has 1 aromatic heterocycles. The highest BCUT2D eigenvalue weighted by Crippen LogP contribution is 2.11. The maximum Gasteiger partial charge on any atom is 0.220 e. The Hall–Kier alpha value is -1.17. The quantitative estimate of drug-likeness (QED) is 0.656. The van der Waals surface area contributed by atoms with Gasteiger partial charge < -0.3 is 5.73 Å². The van der Waals surface area contributed by atoms with E-state index in [0.717, 1.165) is 6.26 Å². The number of nitrogens with zero attached hydrogens (tertiary/aromatic N) is 2. The summed E-state index contributed by atoms with van der Waals surface area (Å²) in [5.41, 5.74) is 5.63. The normalized spacial score (nSPS) is 11.5. The predicted octanol–water partition coefficient (Wildman–Crippen LogP) is -0.229. The van der Waals surface area contributed by atoms with E-state index in [2.05, 4.69) is 9.97 Å². The van der Waals surface area contributed by atoms with Crippen molar-refractivity contribution in [3.05, 3.63) is 11.9 Å². The summed E-state index contributed by atoms with van der Waals surface area (Å²) in [6, 6.07) is 0. The molecule has 0 aliphatic rings. The van der Waals surface area contributed by atoms with E-state index in [1.165, 1.54) is 6.20 Å². The fourth-order valence-corrected chi connectivity index (χ4v) is 1.66. The summed E-state index contributed by atoms with van der Waals surface area (Å²) in [6.45, 7) is 1.58. The molecule has 0 unspecified atom stereocenters. The largest absolute Gasteiger partial charge is 0.368 e. The Kier molecular flexibility index (Phi) is 2.01. The standard InChI is InChI=1S/C6H9N3O2S/c1-4-5(12(2,10)11)3-8-6(7)9-4/h3H,1-2H3,(H2,7,8,9). The molecule has 66 valence electrons. The van der Waals surface area contributed by atoms with E-state index < -0.39 is 9.84 Å². The zero-order valence-electron chi connectivity index (χ0n) is 6.77. The summed E-state index contributed by atoms with van der Waals surface area (Å²) in [4.78, 5) is 7.44. The van der Waals surface area contributed by atoms with E-state index >= 15 is 0 Å². The monoisotopic (exact) mass is 187 g/mol. The minimum atomic E-state index is -3.23. The number of aryl methyl sites for hydroxylation is 1. The number of nitrogen functional groups attached to an aromatic ring is 1. The van der Waals surface area contributed by atoms with Crippen molar-refractivity contribution in [3.63, 3.8) is 0 Å². The van der Waals surface area contributed by atoms with Crippen LogP contribution in [-0.4, -0.2) is 24.6 Å². The van der Waals surface area contributed by atoms with Gasteiger partial charge in [-0.3, -0.25) is 0 Å². The van der Waals surface area contributed by atoms with Crippen molar-refractivity contribution in [2.45, 2.75) is 11.8 Å². The van der Waals surface area contributed by atoms with Gasteiger partial charge in [0.15, 0.2) is 9.84 Å². The molecule has 0 radical (unpaired) electrons. The van der Waals surface area contributed by atoms with E-state index in [1.54, 1.807) is 6.92 Å². The smallest absolute Gasteiger partial charge is 0.220 e. The van der Waals surface area contributed by atoms with Crippen LogP contribution in [0.2, 0.25) is 0 Å². The molecule has 0 aliphatic heterocycles. The van der Waals surface area contributed by atoms with Crippen molar-refractivity contribution in [2.24, 2.45) is 0 Å². The van der Waals surface area contributed by atoms with Gasteiger partial charge in [-0.05, 0) is 6.92 Å². The number of hydrogen-bond donors (Lipinski definition) is 1. The van der Waals surface area contributed by atoms with Crippen molar-refractivity contribution < 1.29 is 8.42 Å². The molecule has 0 aliphatic carbocycles. The molecular weight excluding hydrogens is 178 g/mol. The maximum atomic E-state index is 11.0. The van der Waals surface area contributed by atoms with Crippen LogP contribution in [0.25, 0.3) is 0 Å². The van der Waals surface area contributed by atoms with Gasteiger partial charge in [0.05, 0.1) is 11.9 Å². The van der Waals surface area contributed by atoms with E-state index in [4.69, 9.17) is 5.73 Å². The molecule has 0 bridgehead atoms. The molecule has 12 heavy (non-hydrogen) atoms. The molecule has 0 amide bonds. The van der Waals surface area contributed by atoms with Crippen LogP contribution in [0.5, 0.6) is 0 Å². The van der Waals surface area contributed by atoms with Gasteiger partial charge >= 0.3 is 0 Å². The SMILES string of the molecule is Cc1nc(N)ncc1S(C)(=O)=O. The van der Waals surface area contributed by atoms with Crippen molar-refractivity contribution in [1.82, 2.24) is 9.97 Å². The lowest BCUT2D eigenvalue weighted by atomic mass is 10.4. The number of sulfone groups is 1. The van der Waals surface area contributed by atoms with Crippen molar-refractivity contribution >= 4 is 15.8 Å². The summed E-state index contributed by atoms with van der Waals surface area (Å²) < 4.78 is 22.1. The third-order valence-electron chi connectivity index (χ3n) is 1.35. The summed E-state index contributed by atoms with van der Waals surface area (Å²) in [5.74, 6) is 0.0832. The Morgan fingerprint density at radius 2 is 2.08 bits per heavy atom. The minimum absolute atomic E-state index is 0.0832. The molecule has 0 aromatic carbocycles. The average molecular weight is 187 g/mol. The Labute approximate surface area is 70.6 Å². The summed E-state index contributed by atoms with van der Waals surface area (Å²) in [6.07, 6.45) is 2.32.